The summed E-state index contributed by atoms with van der Waals surface area (Å²) in [5.74, 6) is -0.481. The molecule has 3 aromatic carbocycles. The standard InChI is InChI=1S/C23H13Cl2NO4/c24-18-11-8-16(13-19(18)25)21-26-20(23(28)30-21)12-14-6-9-17(10-7-14)29-22(27)15-4-2-1-3-5-15/h1-13H/b20-12-. The number of halogens is 2. The molecule has 7 heteroatoms. The normalized spacial score (nSPS) is 14.4. The van der Waals surface area contributed by atoms with Crippen LogP contribution in [0.4, 0.5) is 0 Å². The van der Waals surface area contributed by atoms with Crippen molar-refractivity contribution in [2.75, 3.05) is 0 Å². The zero-order valence-electron chi connectivity index (χ0n) is 15.3. The van der Waals surface area contributed by atoms with Gasteiger partial charge in [-0.05, 0) is 54.1 Å². The number of carbonyl (C=O) groups is 2. The van der Waals surface area contributed by atoms with Crippen LogP contribution in [0.25, 0.3) is 6.08 Å². The highest BCUT2D eigenvalue weighted by Crippen LogP contribution is 2.26. The first kappa shape index (κ1) is 19.9. The van der Waals surface area contributed by atoms with E-state index in [1.165, 1.54) is 0 Å². The summed E-state index contributed by atoms with van der Waals surface area (Å²) in [6.45, 7) is 0. The molecule has 3 aromatic rings. The Balaban J connectivity index is 1.50. The molecule has 0 bridgehead atoms. The van der Waals surface area contributed by atoms with Crippen molar-refractivity contribution in [1.82, 2.24) is 0 Å². The number of nitrogens with zero attached hydrogens (tertiary/aromatic N) is 1. The van der Waals surface area contributed by atoms with E-state index in [9.17, 15) is 9.59 Å². The number of esters is 2. The first-order valence-electron chi connectivity index (χ1n) is 8.85. The molecule has 0 spiro atoms. The molecule has 1 aliphatic heterocycles. The molecule has 0 N–H and O–H groups in total. The van der Waals surface area contributed by atoms with E-state index in [4.69, 9.17) is 32.7 Å². The highest BCUT2D eigenvalue weighted by molar-refractivity contribution is 6.42. The minimum Gasteiger partial charge on any atom is -0.423 e. The van der Waals surface area contributed by atoms with Crippen LogP contribution in [0.3, 0.4) is 0 Å². The van der Waals surface area contributed by atoms with E-state index in [1.807, 2.05) is 6.07 Å². The molecule has 0 atom stereocenters. The monoisotopic (exact) mass is 437 g/mol. The largest absolute Gasteiger partial charge is 0.423 e. The van der Waals surface area contributed by atoms with Gasteiger partial charge in [0.15, 0.2) is 5.70 Å². The van der Waals surface area contributed by atoms with Crippen molar-refractivity contribution in [3.05, 3.63) is 105 Å². The minimum atomic E-state index is -0.573. The molecule has 0 amide bonds. The fraction of sp³-hybridized carbons (Fsp3) is 0. The molecular weight excluding hydrogens is 425 g/mol. The van der Waals surface area contributed by atoms with Crippen LogP contribution >= 0.6 is 23.2 Å². The molecule has 148 valence electrons. The second-order valence-electron chi connectivity index (χ2n) is 6.29. The van der Waals surface area contributed by atoms with Crippen molar-refractivity contribution in [3.8, 4) is 5.75 Å². The van der Waals surface area contributed by atoms with Gasteiger partial charge in [-0.1, -0.05) is 53.5 Å². The van der Waals surface area contributed by atoms with Gasteiger partial charge in [-0.15, -0.1) is 0 Å². The summed E-state index contributed by atoms with van der Waals surface area (Å²) in [5, 5.41) is 0.736. The SMILES string of the molecule is O=C1OC(c2ccc(Cl)c(Cl)c2)=N/C1=C\c1ccc(OC(=O)c2ccccc2)cc1. The van der Waals surface area contributed by atoms with Gasteiger partial charge in [0.1, 0.15) is 5.75 Å². The van der Waals surface area contributed by atoms with E-state index in [2.05, 4.69) is 4.99 Å². The Labute approximate surface area is 182 Å². The predicted octanol–water partition coefficient (Wildman–Crippen LogP) is 5.56. The van der Waals surface area contributed by atoms with Crippen LogP contribution in [-0.4, -0.2) is 17.8 Å². The smallest absolute Gasteiger partial charge is 0.363 e. The van der Waals surface area contributed by atoms with Crippen molar-refractivity contribution in [3.63, 3.8) is 0 Å². The summed E-state index contributed by atoms with van der Waals surface area (Å²) in [7, 11) is 0. The van der Waals surface area contributed by atoms with Gasteiger partial charge in [0.25, 0.3) is 0 Å². The average Bonchev–Trinajstić information content (AvgIpc) is 3.12. The van der Waals surface area contributed by atoms with Crippen LogP contribution in [0.5, 0.6) is 5.75 Å². The van der Waals surface area contributed by atoms with Crippen LogP contribution in [-0.2, 0) is 9.53 Å². The second kappa shape index (κ2) is 8.53. The first-order valence-corrected chi connectivity index (χ1v) is 9.60. The van der Waals surface area contributed by atoms with Crippen molar-refractivity contribution in [2.45, 2.75) is 0 Å². The van der Waals surface area contributed by atoms with Crippen LogP contribution in [0.2, 0.25) is 10.0 Å². The molecule has 4 rings (SSSR count). The highest BCUT2D eigenvalue weighted by atomic mass is 35.5. The summed E-state index contributed by atoms with van der Waals surface area (Å²) in [5.41, 5.74) is 1.84. The molecule has 0 saturated carbocycles. The fourth-order valence-electron chi connectivity index (χ4n) is 2.69. The Morgan fingerprint density at radius 2 is 1.67 bits per heavy atom. The van der Waals surface area contributed by atoms with Gasteiger partial charge in [-0.3, -0.25) is 0 Å². The zero-order valence-corrected chi connectivity index (χ0v) is 16.9. The maximum Gasteiger partial charge on any atom is 0.363 e. The lowest BCUT2D eigenvalue weighted by Gasteiger charge is -2.04. The van der Waals surface area contributed by atoms with E-state index in [0.29, 0.717) is 32.5 Å². The Hall–Kier alpha value is -3.41. The number of ether oxygens (including phenoxy) is 2. The maximum atomic E-state index is 12.2. The lowest BCUT2D eigenvalue weighted by atomic mass is 10.2. The number of hydrogen-bond donors (Lipinski definition) is 0. The summed E-state index contributed by atoms with van der Waals surface area (Å²) in [6, 6.07) is 20.2. The summed E-state index contributed by atoms with van der Waals surface area (Å²) in [6.07, 6.45) is 1.58. The molecule has 1 aliphatic rings. The van der Waals surface area contributed by atoms with Crippen molar-refractivity contribution in [1.29, 1.82) is 0 Å². The number of hydrogen-bond acceptors (Lipinski definition) is 5. The molecule has 1 heterocycles. The van der Waals surface area contributed by atoms with E-state index in [0.717, 1.165) is 0 Å². The highest BCUT2D eigenvalue weighted by Gasteiger charge is 2.24. The molecule has 0 aromatic heterocycles. The summed E-state index contributed by atoms with van der Waals surface area (Å²) in [4.78, 5) is 28.5. The van der Waals surface area contributed by atoms with Gasteiger partial charge in [-0.25, -0.2) is 14.6 Å². The maximum absolute atomic E-state index is 12.2. The second-order valence-corrected chi connectivity index (χ2v) is 7.10. The van der Waals surface area contributed by atoms with E-state index in [1.54, 1.807) is 72.8 Å². The van der Waals surface area contributed by atoms with Crippen molar-refractivity contribution in [2.24, 2.45) is 4.99 Å². The molecule has 0 saturated heterocycles. The van der Waals surface area contributed by atoms with Gasteiger partial charge in [0, 0.05) is 5.56 Å². The average molecular weight is 438 g/mol. The quantitative estimate of drug-likeness (QED) is 0.304. The Kier molecular flexibility index (Phi) is 5.65. The molecule has 0 unspecified atom stereocenters. The van der Waals surface area contributed by atoms with Gasteiger partial charge >= 0.3 is 11.9 Å². The minimum absolute atomic E-state index is 0.144. The number of benzene rings is 3. The lowest BCUT2D eigenvalue weighted by molar-refractivity contribution is -0.129. The molecule has 0 aliphatic carbocycles. The van der Waals surface area contributed by atoms with Crippen LogP contribution in [0.1, 0.15) is 21.5 Å². The van der Waals surface area contributed by atoms with Gasteiger partial charge in [0.2, 0.25) is 5.90 Å². The van der Waals surface area contributed by atoms with Gasteiger partial charge in [-0.2, -0.15) is 0 Å². The van der Waals surface area contributed by atoms with Gasteiger partial charge in [0.05, 0.1) is 15.6 Å². The van der Waals surface area contributed by atoms with Crippen LogP contribution in [0, 0.1) is 0 Å². The predicted molar refractivity (Wildman–Crippen MR) is 115 cm³/mol. The number of cyclic esters (lactones) is 1. The Morgan fingerprint density at radius 3 is 2.37 bits per heavy atom. The van der Waals surface area contributed by atoms with E-state index >= 15 is 0 Å². The number of carbonyl (C=O) groups excluding carboxylic acids is 2. The van der Waals surface area contributed by atoms with E-state index < -0.39 is 11.9 Å². The third-order valence-corrected chi connectivity index (χ3v) is 4.93. The molecular formula is C23H13Cl2NO4. The molecule has 30 heavy (non-hydrogen) atoms. The number of rotatable bonds is 4. The molecule has 5 nitrogen and oxygen atoms in total. The molecule has 0 radical (unpaired) electrons. The van der Waals surface area contributed by atoms with Crippen LogP contribution < -0.4 is 4.74 Å². The third kappa shape index (κ3) is 4.43. The summed E-state index contributed by atoms with van der Waals surface area (Å²) >= 11 is 11.9. The third-order valence-electron chi connectivity index (χ3n) is 4.19. The number of aliphatic imine (C=N–C) groups is 1. The topological polar surface area (TPSA) is 65.0 Å². The lowest BCUT2D eigenvalue weighted by Crippen LogP contribution is -2.07. The Bertz CT molecular complexity index is 1190. The first-order chi connectivity index (χ1) is 14.5. The van der Waals surface area contributed by atoms with E-state index in [-0.39, 0.29) is 11.6 Å². The van der Waals surface area contributed by atoms with Crippen molar-refractivity contribution >= 4 is 47.1 Å². The summed E-state index contributed by atoms with van der Waals surface area (Å²) < 4.78 is 10.6. The zero-order chi connectivity index (χ0) is 21.1. The molecule has 0 fully saturated rings. The fourth-order valence-corrected chi connectivity index (χ4v) is 2.99. The van der Waals surface area contributed by atoms with Crippen LogP contribution in [0.15, 0.2) is 83.5 Å². The van der Waals surface area contributed by atoms with Crippen molar-refractivity contribution < 1.29 is 19.1 Å². The van der Waals surface area contributed by atoms with Gasteiger partial charge < -0.3 is 9.47 Å². The Morgan fingerprint density at radius 1 is 0.933 bits per heavy atom.